The summed E-state index contributed by atoms with van der Waals surface area (Å²) in [6.07, 6.45) is 4.73. The molecule has 1 aliphatic rings. The van der Waals surface area contributed by atoms with Crippen LogP contribution >= 0.6 is 0 Å². The molecule has 0 aromatic carbocycles. The van der Waals surface area contributed by atoms with Crippen molar-refractivity contribution in [1.29, 1.82) is 0 Å². The van der Waals surface area contributed by atoms with Crippen LogP contribution in [0.4, 0.5) is 11.9 Å². The first-order valence-electron chi connectivity index (χ1n) is 7.01. The lowest BCUT2D eigenvalue weighted by Gasteiger charge is -2.17. The summed E-state index contributed by atoms with van der Waals surface area (Å²) < 4.78 is 1.66. The van der Waals surface area contributed by atoms with E-state index in [9.17, 15) is 0 Å². The van der Waals surface area contributed by atoms with Crippen LogP contribution in [0.15, 0.2) is 18.5 Å². The van der Waals surface area contributed by atoms with Gasteiger partial charge in [-0.3, -0.25) is 0 Å². The predicted octanol–water partition coefficient (Wildman–Crippen LogP) is 1.34. The third-order valence-corrected chi connectivity index (χ3v) is 3.36. The fourth-order valence-corrected chi connectivity index (χ4v) is 2.34. The molecule has 7 nitrogen and oxygen atoms in total. The second-order valence-electron chi connectivity index (χ2n) is 5.08. The van der Waals surface area contributed by atoms with Crippen LogP contribution in [-0.2, 0) is 0 Å². The summed E-state index contributed by atoms with van der Waals surface area (Å²) in [4.78, 5) is 15.6. The Morgan fingerprint density at radius 3 is 2.80 bits per heavy atom. The van der Waals surface area contributed by atoms with Crippen LogP contribution in [0.25, 0.3) is 5.95 Å². The summed E-state index contributed by atoms with van der Waals surface area (Å²) >= 11 is 0. The Labute approximate surface area is 118 Å². The van der Waals surface area contributed by atoms with Crippen molar-refractivity contribution < 1.29 is 0 Å². The molecule has 0 aliphatic carbocycles. The Bertz CT molecular complexity index is 566. The average Bonchev–Trinajstić information content (AvgIpc) is 3.09. The Balaban J connectivity index is 1.96. The van der Waals surface area contributed by atoms with E-state index in [1.807, 2.05) is 19.2 Å². The lowest BCUT2D eigenvalue weighted by molar-refractivity contribution is 0.657. The normalized spacial score (nSPS) is 18.5. The van der Waals surface area contributed by atoms with Crippen LogP contribution in [0.3, 0.4) is 0 Å². The first kappa shape index (κ1) is 12.8. The lowest BCUT2D eigenvalue weighted by atomic mass is 10.2. The van der Waals surface area contributed by atoms with Crippen molar-refractivity contribution >= 4 is 11.9 Å². The van der Waals surface area contributed by atoms with Crippen LogP contribution in [0.5, 0.6) is 0 Å². The van der Waals surface area contributed by atoms with E-state index in [0.29, 0.717) is 17.8 Å². The van der Waals surface area contributed by atoms with E-state index in [-0.39, 0.29) is 0 Å². The largest absolute Gasteiger partial charge is 0.354 e. The predicted molar refractivity (Wildman–Crippen MR) is 77.1 cm³/mol. The van der Waals surface area contributed by atoms with Gasteiger partial charge in [0.25, 0.3) is 5.95 Å². The Morgan fingerprint density at radius 1 is 1.30 bits per heavy atom. The highest BCUT2D eigenvalue weighted by Crippen LogP contribution is 2.21. The third-order valence-electron chi connectivity index (χ3n) is 3.36. The topological polar surface area (TPSA) is 71.8 Å². The molecule has 1 saturated heterocycles. The number of rotatable bonds is 4. The highest BCUT2D eigenvalue weighted by atomic mass is 15.4. The molecule has 1 aliphatic heterocycles. The molecule has 0 saturated carbocycles. The zero-order chi connectivity index (χ0) is 13.9. The standard InChI is InChI=1S/C13H19N7/c1-3-14-11-16-12(19-8-5-10(2)9-19)18-13(17-11)20-7-4-6-15-20/h4,6-7,10H,3,5,8-9H2,1-2H3,(H,14,16,17,18). The summed E-state index contributed by atoms with van der Waals surface area (Å²) in [6.45, 7) is 7.04. The van der Waals surface area contributed by atoms with Gasteiger partial charge in [0, 0.05) is 32.0 Å². The Kier molecular flexibility index (Phi) is 3.49. The summed E-state index contributed by atoms with van der Waals surface area (Å²) in [5.74, 6) is 2.56. The quantitative estimate of drug-likeness (QED) is 0.906. The van der Waals surface area contributed by atoms with Crippen molar-refractivity contribution in [3.63, 3.8) is 0 Å². The monoisotopic (exact) mass is 273 g/mol. The first-order valence-corrected chi connectivity index (χ1v) is 7.01. The molecule has 3 rings (SSSR count). The summed E-state index contributed by atoms with van der Waals surface area (Å²) in [7, 11) is 0. The maximum atomic E-state index is 4.54. The molecule has 0 bridgehead atoms. The van der Waals surface area contributed by atoms with Gasteiger partial charge in [-0.25, -0.2) is 4.68 Å². The number of hydrogen-bond donors (Lipinski definition) is 1. The maximum absolute atomic E-state index is 4.54. The Hall–Kier alpha value is -2.18. The Morgan fingerprint density at radius 2 is 2.15 bits per heavy atom. The third kappa shape index (κ3) is 2.56. The van der Waals surface area contributed by atoms with Crippen LogP contribution in [0, 0.1) is 5.92 Å². The van der Waals surface area contributed by atoms with Gasteiger partial charge in [0.1, 0.15) is 0 Å². The molecule has 7 heteroatoms. The molecule has 3 heterocycles. The van der Waals surface area contributed by atoms with E-state index in [4.69, 9.17) is 0 Å². The van der Waals surface area contributed by atoms with Crippen molar-refractivity contribution in [2.24, 2.45) is 5.92 Å². The number of aromatic nitrogens is 5. The highest BCUT2D eigenvalue weighted by molar-refractivity contribution is 5.40. The minimum absolute atomic E-state index is 0.551. The molecule has 20 heavy (non-hydrogen) atoms. The van der Waals surface area contributed by atoms with Crippen LogP contribution in [-0.4, -0.2) is 44.4 Å². The van der Waals surface area contributed by atoms with Gasteiger partial charge in [-0.05, 0) is 25.3 Å². The van der Waals surface area contributed by atoms with Gasteiger partial charge in [0.2, 0.25) is 11.9 Å². The highest BCUT2D eigenvalue weighted by Gasteiger charge is 2.22. The second-order valence-corrected chi connectivity index (χ2v) is 5.08. The van der Waals surface area contributed by atoms with Crippen molar-refractivity contribution in [2.45, 2.75) is 20.3 Å². The fraction of sp³-hybridized carbons (Fsp3) is 0.538. The van der Waals surface area contributed by atoms with E-state index in [2.05, 4.69) is 37.2 Å². The van der Waals surface area contributed by atoms with Gasteiger partial charge in [-0.1, -0.05) is 6.92 Å². The molecule has 2 aromatic rings. The fourth-order valence-electron chi connectivity index (χ4n) is 2.34. The van der Waals surface area contributed by atoms with Gasteiger partial charge in [0.05, 0.1) is 0 Å². The maximum Gasteiger partial charge on any atom is 0.257 e. The van der Waals surface area contributed by atoms with Gasteiger partial charge in [-0.15, -0.1) is 0 Å². The van der Waals surface area contributed by atoms with Gasteiger partial charge in [0.15, 0.2) is 0 Å². The molecule has 1 N–H and O–H groups in total. The molecule has 2 aromatic heterocycles. The van der Waals surface area contributed by atoms with Crippen LogP contribution in [0.1, 0.15) is 20.3 Å². The molecule has 0 amide bonds. The second kappa shape index (κ2) is 5.44. The van der Waals surface area contributed by atoms with E-state index in [0.717, 1.165) is 25.6 Å². The van der Waals surface area contributed by atoms with Crippen molar-refractivity contribution in [3.05, 3.63) is 18.5 Å². The molecule has 0 radical (unpaired) electrons. The summed E-state index contributed by atoms with van der Waals surface area (Å²) in [6, 6.07) is 1.86. The van der Waals surface area contributed by atoms with Gasteiger partial charge < -0.3 is 10.2 Å². The van der Waals surface area contributed by atoms with Crippen molar-refractivity contribution in [2.75, 3.05) is 29.9 Å². The zero-order valence-electron chi connectivity index (χ0n) is 11.8. The lowest BCUT2D eigenvalue weighted by Crippen LogP contribution is -2.23. The summed E-state index contributed by atoms with van der Waals surface area (Å²) in [5, 5.41) is 7.34. The molecule has 1 unspecified atom stereocenters. The number of nitrogens with one attached hydrogen (secondary N) is 1. The average molecular weight is 273 g/mol. The van der Waals surface area contributed by atoms with E-state index in [1.54, 1.807) is 10.9 Å². The minimum Gasteiger partial charge on any atom is -0.354 e. The smallest absolute Gasteiger partial charge is 0.257 e. The van der Waals surface area contributed by atoms with E-state index in [1.165, 1.54) is 6.42 Å². The van der Waals surface area contributed by atoms with Gasteiger partial charge in [-0.2, -0.15) is 20.1 Å². The van der Waals surface area contributed by atoms with Crippen molar-refractivity contribution in [3.8, 4) is 5.95 Å². The van der Waals surface area contributed by atoms with Gasteiger partial charge >= 0.3 is 0 Å². The molecule has 1 fully saturated rings. The van der Waals surface area contributed by atoms with Crippen LogP contribution in [0.2, 0.25) is 0 Å². The number of nitrogens with zero attached hydrogens (tertiary/aromatic N) is 6. The SMILES string of the molecule is CCNc1nc(N2CCC(C)C2)nc(-n2cccn2)n1. The number of anilines is 2. The molecule has 1 atom stereocenters. The van der Waals surface area contributed by atoms with Crippen molar-refractivity contribution in [1.82, 2.24) is 24.7 Å². The summed E-state index contributed by atoms with van der Waals surface area (Å²) in [5.41, 5.74) is 0. The molecule has 106 valence electrons. The molecular weight excluding hydrogens is 254 g/mol. The van der Waals surface area contributed by atoms with Crippen LogP contribution < -0.4 is 10.2 Å². The molecular formula is C13H19N7. The number of hydrogen-bond acceptors (Lipinski definition) is 6. The molecule has 0 spiro atoms. The van der Waals surface area contributed by atoms with E-state index < -0.39 is 0 Å². The van der Waals surface area contributed by atoms with E-state index >= 15 is 0 Å². The first-order chi connectivity index (χ1) is 9.76. The zero-order valence-corrected chi connectivity index (χ0v) is 11.8. The minimum atomic E-state index is 0.551.